The maximum absolute atomic E-state index is 12.4. The van der Waals surface area contributed by atoms with Crippen molar-refractivity contribution in [2.75, 3.05) is 48.5 Å². The number of amides is 1. The number of benzene rings is 2. The lowest BCUT2D eigenvalue weighted by Crippen LogP contribution is -2.43. The van der Waals surface area contributed by atoms with Crippen molar-refractivity contribution in [3.05, 3.63) is 48.0 Å². The van der Waals surface area contributed by atoms with Crippen molar-refractivity contribution in [1.29, 1.82) is 0 Å². The standard InChI is InChI=1S/C23H29N3O3/c1-16-14-22(24-18-4-7-20(28-3)8-5-18)21-15-19(25-10-12-29-13-11-25)6-9-23(21)26(16)17(2)27/h4-9,15-16,22,24H,10-14H2,1-3H3. The summed E-state index contributed by atoms with van der Waals surface area (Å²) in [6.07, 6.45) is 0.852. The van der Waals surface area contributed by atoms with Crippen LogP contribution in [0.1, 0.15) is 31.9 Å². The lowest BCUT2D eigenvalue weighted by Gasteiger charge is -2.40. The number of nitrogens with zero attached hydrogens (tertiary/aromatic N) is 2. The van der Waals surface area contributed by atoms with Crippen molar-refractivity contribution in [2.24, 2.45) is 0 Å². The van der Waals surface area contributed by atoms with Gasteiger partial charge in [0.25, 0.3) is 0 Å². The first-order chi connectivity index (χ1) is 14.1. The first-order valence-electron chi connectivity index (χ1n) is 10.2. The SMILES string of the molecule is COc1ccc(NC2CC(C)N(C(C)=O)c3ccc(N4CCOCC4)cc32)cc1. The van der Waals surface area contributed by atoms with Crippen LogP contribution in [-0.2, 0) is 9.53 Å². The molecule has 2 unspecified atom stereocenters. The summed E-state index contributed by atoms with van der Waals surface area (Å²) in [5, 5.41) is 3.67. The Labute approximate surface area is 172 Å². The Morgan fingerprint density at radius 3 is 2.52 bits per heavy atom. The van der Waals surface area contributed by atoms with E-state index in [4.69, 9.17) is 9.47 Å². The van der Waals surface area contributed by atoms with E-state index in [9.17, 15) is 4.79 Å². The average molecular weight is 396 g/mol. The molecule has 2 aromatic carbocycles. The van der Waals surface area contributed by atoms with Gasteiger partial charge in [-0.3, -0.25) is 4.79 Å². The summed E-state index contributed by atoms with van der Waals surface area (Å²) in [5.41, 5.74) is 4.39. The van der Waals surface area contributed by atoms with Crippen LogP contribution in [0, 0.1) is 0 Å². The molecule has 2 aromatic rings. The molecule has 0 radical (unpaired) electrons. The van der Waals surface area contributed by atoms with E-state index in [1.807, 2.05) is 29.2 Å². The van der Waals surface area contributed by atoms with Gasteiger partial charge in [-0.15, -0.1) is 0 Å². The number of anilines is 3. The second-order valence-corrected chi connectivity index (χ2v) is 7.74. The molecule has 6 nitrogen and oxygen atoms in total. The fourth-order valence-corrected chi connectivity index (χ4v) is 4.37. The molecule has 154 valence electrons. The summed E-state index contributed by atoms with van der Waals surface area (Å²) in [4.78, 5) is 16.6. The number of morpholine rings is 1. The molecule has 29 heavy (non-hydrogen) atoms. The van der Waals surface area contributed by atoms with E-state index in [0.29, 0.717) is 0 Å². The molecule has 2 atom stereocenters. The zero-order chi connectivity index (χ0) is 20.4. The van der Waals surface area contributed by atoms with Crippen LogP contribution in [0.5, 0.6) is 5.75 Å². The Morgan fingerprint density at radius 1 is 1.14 bits per heavy atom. The second-order valence-electron chi connectivity index (χ2n) is 7.74. The first-order valence-corrected chi connectivity index (χ1v) is 10.2. The van der Waals surface area contributed by atoms with Gasteiger partial charge >= 0.3 is 0 Å². The fraction of sp³-hybridized carbons (Fsp3) is 0.435. The molecular formula is C23H29N3O3. The summed E-state index contributed by atoms with van der Waals surface area (Å²) in [7, 11) is 1.67. The molecule has 0 aromatic heterocycles. The van der Waals surface area contributed by atoms with Gasteiger partial charge < -0.3 is 24.6 Å². The van der Waals surface area contributed by atoms with Crippen LogP contribution in [0.25, 0.3) is 0 Å². The molecule has 6 heteroatoms. The van der Waals surface area contributed by atoms with Crippen molar-refractivity contribution in [3.63, 3.8) is 0 Å². The predicted molar refractivity (Wildman–Crippen MR) is 116 cm³/mol. The smallest absolute Gasteiger partial charge is 0.224 e. The monoisotopic (exact) mass is 395 g/mol. The summed E-state index contributed by atoms with van der Waals surface area (Å²) < 4.78 is 10.8. The van der Waals surface area contributed by atoms with E-state index < -0.39 is 0 Å². The molecule has 1 amide bonds. The summed E-state index contributed by atoms with van der Waals surface area (Å²) in [5.74, 6) is 0.922. The van der Waals surface area contributed by atoms with Gasteiger partial charge in [-0.05, 0) is 55.8 Å². The van der Waals surface area contributed by atoms with Crippen molar-refractivity contribution < 1.29 is 14.3 Å². The average Bonchev–Trinajstić information content (AvgIpc) is 2.74. The molecule has 2 aliphatic heterocycles. The van der Waals surface area contributed by atoms with Crippen LogP contribution >= 0.6 is 0 Å². The highest BCUT2D eigenvalue weighted by Gasteiger charge is 2.33. The maximum atomic E-state index is 12.4. The number of carbonyl (C=O) groups excluding carboxylic acids is 1. The lowest BCUT2D eigenvalue weighted by molar-refractivity contribution is -0.117. The minimum Gasteiger partial charge on any atom is -0.497 e. The van der Waals surface area contributed by atoms with Crippen LogP contribution in [-0.4, -0.2) is 45.4 Å². The number of ether oxygens (including phenoxy) is 2. The molecule has 0 spiro atoms. The Bertz CT molecular complexity index is 862. The zero-order valence-corrected chi connectivity index (χ0v) is 17.4. The minimum atomic E-state index is 0.0840. The van der Waals surface area contributed by atoms with Crippen molar-refractivity contribution in [2.45, 2.75) is 32.4 Å². The molecule has 0 bridgehead atoms. The number of hydrogen-bond donors (Lipinski definition) is 1. The predicted octanol–water partition coefficient (Wildman–Crippen LogP) is 3.83. The van der Waals surface area contributed by atoms with Crippen LogP contribution in [0.2, 0.25) is 0 Å². The molecule has 1 fully saturated rings. The van der Waals surface area contributed by atoms with E-state index in [1.165, 1.54) is 5.69 Å². The fourth-order valence-electron chi connectivity index (χ4n) is 4.37. The largest absolute Gasteiger partial charge is 0.497 e. The van der Waals surface area contributed by atoms with Gasteiger partial charge in [-0.2, -0.15) is 0 Å². The highest BCUT2D eigenvalue weighted by atomic mass is 16.5. The van der Waals surface area contributed by atoms with E-state index in [1.54, 1.807) is 14.0 Å². The van der Waals surface area contributed by atoms with E-state index in [0.717, 1.165) is 55.4 Å². The normalized spacial score (nSPS) is 21.5. The molecule has 1 N–H and O–H groups in total. The molecule has 4 rings (SSSR count). The number of fused-ring (bicyclic) bond motifs is 1. The van der Waals surface area contributed by atoms with Crippen LogP contribution in [0.4, 0.5) is 17.1 Å². The van der Waals surface area contributed by atoms with E-state index in [2.05, 4.69) is 35.3 Å². The number of rotatable bonds is 4. The third-order valence-electron chi connectivity index (χ3n) is 5.81. The van der Waals surface area contributed by atoms with Crippen molar-refractivity contribution in [1.82, 2.24) is 0 Å². The number of hydrogen-bond acceptors (Lipinski definition) is 5. The number of carbonyl (C=O) groups is 1. The Morgan fingerprint density at radius 2 is 1.86 bits per heavy atom. The summed E-state index contributed by atoms with van der Waals surface area (Å²) in [6, 6.07) is 14.7. The van der Waals surface area contributed by atoms with Gasteiger partial charge in [-0.25, -0.2) is 0 Å². The molecule has 2 aliphatic rings. The zero-order valence-electron chi connectivity index (χ0n) is 17.4. The van der Waals surface area contributed by atoms with Gasteiger partial charge in [0, 0.05) is 48.7 Å². The van der Waals surface area contributed by atoms with E-state index in [-0.39, 0.29) is 18.0 Å². The third kappa shape index (κ3) is 4.03. The lowest BCUT2D eigenvalue weighted by atomic mass is 9.90. The van der Waals surface area contributed by atoms with Gasteiger partial charge in [0.15, 0.2) is 0 Å². The third-order valence-corrected chi connectivity index (χ3v) is 5.81. The molecule has 1 saturated heterocycles. The Kier molecular flexibility index (Phi) is 5.62. The molecule has 0 aliphatic carbocycles. The summed E-state index contributed by atoms with van der Waals surface area (Å²) in [6.45, 7) is 7.04. The highest BCUT2D eigenvalue weighted by Crippen LogP contribution is 2.41. The Balaban J connectivity index is 1.68. The number of methoxy groups -OCH3 is 1. The van der Waals surface area contributed by atoms with Crippen LogP contribution in [0.15, 0.2) is 42.5 Å². The highest BCUT2D eigenvalue weighted by molar-refractivity contribution is 5.94. The van der Waals surface area contributed by atoms with Crippen molar-refractivity contribution in [3.8, 4) is 5.75 Å². The van der Waals surface area contributed by atoms with Gasteiger partial charge in [0.1, 0.15) is 5.75 Å². The molecule has 2 heterocycles. The quantitative estimate of drug-likeness (QED) is 0.853. The topological polar surface area (TPSA) is 54.0 Å². The molecule has 0 saturated carbocycles. The minimum absolute atomic E-state index is 0.0840. The second kappa shape index (κ2) is 8.33. The van der Waals surface area contributed by atoms with Crippen LogP contribution < -0.4 is 19.9 Å². The molecular weight excluding hydrogens is 366 g/mol. The summed E-state index contributed by atoms with van der Waals surface area (Å²) >= 11 is 0. The van der Waals surface area contributed by atoms with E-state index >= 15 is 0 Å². The van der Waals surface area contributed by atoms with Gasteiger partial charge in [-0.1, -0.05) is 0 Å². The maximum Gasteiger partial charge on any atom is 0.224 e. The van der Waals surface area contributed by atoms with Crippen molar-refractivity contribution >= 4 is 23.0 Å². The Hall–Kier alpha value is -2.73. The van der Waals surface area contributed by atoms with Gasteiger partial charge in [0.2, 0.25) is 5.91 Å². The first kappa shape index (κ1) is 19.6. The van der Waals surface area contributed by atoms with Crippen LogP contribution in [0.3, 0.4) is 0 Å². The van der Waals surface area contributed by atoms with Gasteiger partial charge in [0.05, 0.1) is 26.4 Å². The number of nitrogens with one attached hydrogen (secondary N) is 1.